The van der Waals surface area contributed by atoms with E-state index in [4.69, 9.17) is 27.9 Å². The second-order valence-corrected chi connectivity index (χ2v) is 8.21. The highest BCUT2D eigenvalue weighted by Gasteiger charge is 2.52. The van der Waals surface area contributed by atoms with E-state index < -0.39 is 6.04 Å². The van der Waals surface area contributed by atoms with Crippen molar-refractivity contribution in [3.8, 4) is 0 Å². The molecule has 0 bridgehead atoms. The van der Waals surface area contributed by atoms with Crippen LogP contribution in [0.2, 0.25) is 5.02 Å². The van der Waals surface area contributed by atoms with Crippen LogP contribution < -0.4 is 0 Å². The molecule has 1 aromatic rings. The molecule has 0 N–H and O–H groups in total. The zero-order valence-corrected chi connectivity index (χ0v) is 15.6. The number of Topliss-reactive ketones (excluding diaryl/α,β-unsaturated/α-hetero) is 1. The first kappa shape index (κ1) is 16.9. The van der Waals surface area contributed by atoms with Crippen molar-refractivity contribution in [2.75, 3.05) is 7.05 Å². The van der Waals surface area contributed by atoms with Crippen LogP contribution >= 0.6 is 23.2 Å². The maximum Gasteiger partial charge on any atom is 0.289 e. The number of nitrogens with zero attached hydrogens (tertiary/aromatic N) is 1. The van der Waals surface area contributed by atoms with Gasteiger partial charge in [-0.3, -0.25) is 9.59 Å². The van der Waals surface area contributed by atoms with Gasteiger partial charge in [0.05, 0.1) is 17.5 Å². The Morgan fingerprint density at radius 3 is 2.72 bits per heavy atom. The number of carbonyl (C=O) groups is 2. The van der Waals surface area contributed by atoms with Gasteiger partial charge in [-0.2, -0.15) is 0 Å². The molecule has 1 fully saturated rings. The molecule has 2 aliphatic heterocycles. The van der Waals surface area contributed by atoms with E-state index in [9.17, 15) is 9.59 Å². The molecule has 0 spiro atoms. The van der Waals surface area contributed by atoms with Crippen molar-refractivity contribution in [3.63, 3.8) is 0 Å². The molecule has 4 rings (SSSR count). The van der Waals surface area contributed by atoms with Crippen molar-refractivity contribution in [1.29, 1.82) is 0 Å². The third-order valence-corrected chi connectivity index (χ3v) is 6.45. The second-order valence-electron chi connectivity index (χ2n) is 7.21. The topological polar surface area (TPSA) is 46.6 Å². The van der Waals surface area contributed by atoms with Crippen LogP contribution in [-0.2, 0) is 14.3 Å². The number of benzene rings is 1. The minimum Gasteiger partial charge on any atom is -0.483 e. The molecule has 2 heterocycles. The van der Waals surface area contributed by atoms with Crippen LogP contribution in [0.15, 0.2) is 35.6 Å². The number of halogens is 2. The fourth-order valence-corrected chi connectivity index (χ4v) is 4.69. The van der Waals surface area contributed by atoms with Crippen molar-refractivity contribution >= 4 is 34.9 Å². The maximum atomic E-state index is 13.2. The van der Waals surface area contributed by atoms with E-state index in [0.29, 0.717) is 23.4 Å². The lowest BCUT2D eigenvalue weighted by Crippen LogP contribution is -2.44. The molecule has 1 amide bonds. The third kappa shape index (κ3) is 2.58. The monoisotopic (exact) mass is 379 g/mol. The Balaban J connectivity index is 1.77. The Hall–Kier alpha value is -1.52. The molecule has 4 nitrogen and oxygen atoms in total. The molecule has 132 valence electrons. The highest BCUT2D eigenvalue weighted by atomic mass is 35.5. The lowest BCUT2D eigenvalue weighted by atomic mass is 9.74. The molecule has 0 radical (unpaired) electrons. The first-order valence-corrected chi connectivity index (χ1v) is 9.31. The van der Waals surface area contributed by atoms with Gasteiger partial charge in [0.25, 0.3) is 5.91 Å². The van der Waals surface area contributed by atoms with Gasteiger partial charge in [-0.15, -0.1) is 11.6 Å². The van der Waals surface area contributed by atoms with E-state index in [1.54, 1.807) is 24.1 Å². The molecular weight excluding hydrogens is 361 g/mol. The maximum absolute atomic E-state index is 13.2. The summed E-state index contributed by atoms with van der Waals surface area (Å²) in [4.78, 5) is 27.5. The number of carbonyl (C=O) groups excluding carboxylic acids is 2. The van der Waals surface area contributed by atoms with Crippen LogP contribution in [0.4, 0.5) is 0 Å². The number of rotatable bonds is 1. The predicted molar refractivity (Wildman–Crippen MR) is 95.4 cm³/mol. The lowest BCUT2D eigenvalue weighted by Gasteiger charge is -2.39. The molecular formula is C19H19Cl2NO3. The summed E-state index contributed by atoms with van der Waals surface area (Å²) in [6.45, 7) is 2.06. The molecule has 3 aliphatic rings. The number of alkyl halides is 1. The van der Waals surface area contributed by atoms with E-state index in [1.807, 2.05) is 12.1 Å². The van der Waals surface area contributed by atoms with Crippen LogP contribution in [-0.4, -0.2) is 35.1 Å². The molecule has 0 aromatic heterocycles. The minimum atomic E-state index is -0.456. The van der Waals surface area contributed by atoms with Gasteiger partial charge in [0.15, 0.2) is 11.5 Å². The van der Waals surface area contributed by atoms with E-state index in [0.717, 1.165) is 5.56 Å². The van der Waals surface area contributed by atoms with Crippen molar-refractivity contribution in [3.05, 3.63) is 46.2 Å². The van der Waals surface area contributed by atoms with Gasteiger partial charge in [-0.1, -0.05) is 30.7 Å². The molecule has 1 saturated carbocycles. The Morgan fingerprint density at radius 2 is 2.00 bits per heavy atom. The number of fused-ring (bicyclic) bond motifs is 1. The Bertz CT molecular complexity index is 791. The average molecular weight is 380 g/mol. The molecule has 6 heteroatoms. The summed E-state index contributed by atoms with van der Waals surface area (Å²) in [7, 11) is 1.69. The highest BCUT2D eigenvalue weighted by Crippen LogP contribution is 2.47. The quantitative estimate of drug-likeness (QED) is 0.698. The van der Waals surface area contributed by atoms with Crippen LogP contribution in [0.5, 0.6) is 0 Å². The number of ketones is 1. The van der Waals surface area contributed by atoms with Crippen molar-refractivity contribution in [1.82, 2.24) is 4.90 Å². The number of likely N-dealkylation sites (N-methyl/N-ethyl adjacent to an activating group) is 1. The average Bonchev–Trinajstić information content (AvgIpc) is 2.82. The van der Waals surface area contributed by atoms with E-state index >= 15 is 0 Å². The summed E-state index contributed by atoms with van der Waals surface area (Å²) in [6, 6.07) is 6.81. The Labute approximate surface area is 156 Å². The largest absolute Gasteiger partial charge is 0.483 e. The highest BCUT2D eigenvalue weighted by molar-refractivity contribution is 6.30. The molecule has 5 unspecified atom stereocenters. The zero-order valence-electron chi connectivity index (χ0n) is 14.0. The van der Waals surface area contributed by atoms with Gasteiger partial charge in [0.2, 0.25) is 0 Å². The molecule has 1 aromatic carbocycles. The number of hydrogen-bond acceptors (Lipinski definition) is 3. The van der Waals surface area contributed by atoms with Crippen molar-refractivity contribution in [2.24, 2.45) is 11.8 Å². The van der Waals surface area contributed by atoms with Gasteiger partial charge in [0, 0.05) is 17.4 Å². The molecule has 1 aliphatic carbocycles. The van der Waals surface area contributed by atoms with E-state index in [2.05, 4.69) is 6.92 Å². The second kappa shape index (κ2) is 6.03. The minimum absolute atomic E-state index is 0.00789. The van der Waals surface area contributed by atoms with Gasteiger partial charge in [-0.25, -0.2) is 0 Å². The summed E-state index contributed by atoms with van der Waals surface area (Å²) in [6.07, 6.45) is 1.02. The summed E-state index contributed by atoms with van der Waals surface area (Å²) in [5, 5.41) is 0.525. The van der Waals surface area contributed by atoms with Gasteiger partial charge >= 0.3 is 0 Å². The fraction of sp³-hybridized carbons (Fsp3) is 0.474. The fourth-order valence-electron chi connectivity index (χ4n) is 4.20. The first-order chi connectivity index (χ1) is 11.9. The zero-order chi connectivity index (χ0) is 17.9. The number of amides is 1. The lowest BCUT2D eigenvalue weighted by molar-refractivity contribution is -0.135. The Kier molecular flexibility index (Phi) is 4.08. The third-order valence-electron chi connectivity index (χ3n) is 5.61. The normalized spacial score (nSPS) is 34.7. The number of hydrogen-bond donors (Lipinski definition) is 0. The molecule has 5 atom stereocenters. The SMILES string of the molecule is CC1CC2OC3=C(C(=O)C2CC1Cl)C(c1cccc(Cl)c1)N(C)C3=O. The van der Waals surface area contributed by atoms with Crippen LogP contribution in [0.3, 0.4) is 0 Å². The van der Waals surface area contributed by atoms with Gasteiger partial charge < -0.3 is 9.64 Å². The summed E-state index contributed by atoms with van der Waals surface area (Å²) >= 11 is 12.5. The van der Waals surface area contributed by atoms with Crippen molar-refractivity contribution < 1.29 is 14.3 Å². The smallest absolute Gasteiger partial charge is 0.289 e. The summed E-state index contributed by atoms with van der Waals surface area (Å²) in [5.74, 6) is -0.0629. The van der Waals surface area contributed by atoms with Crippen LogP contribution in [0.1, 0.15) is 31.4 Å². The molecule has 0 saturated heterocycles. The van der Waals surface area contributed by atoms with E-state index in [1.165, 1.54) is 0 Å². The summed E-state index contributed by atoms with van der Waals surface area (Å²) < 4.78 is 6.04. The molecule has 25 heavy (non-hydrogen) atoms. The summed E-state index contributed by atoms with van der Waals surface area (Å²) in [5.41, 5.74) is 1.27. The predicted octanol–water partition coefficient (Wildman–Crippen LogP) is 3.73. The van der Waals surface area contributed by atoms with E-state index in [-0.39, 0.29) is 40.8 Å². The van der Waals surface area contributed by atoms with Crippen LogP contribution in [0.25, 0.3) is 0 Å². The Morgan fingerprint density at radius 1 is 1.24 bits per heavy atom. The standard InChI is InChI=1S/C19H19Cl2NO3/c1-9-6-14-12(8-13(9)21)17(23)15-16(10-4-3-5-11(20)7-10)22(2)19(24)18(15)25-14/h3-5,7,9,12-14,16H,6,8H2,1-2H3. The number of ether oxygens (including phenoxy) is 1. The van der Waals surface area contributed by atoms with Crippen LogP contribution in [0, 0.1) is 11.8 Å². The van der Waals surface area contributed by atoms with Crippen molar-refractivity contribution in [2.45, 2.75) is 37.3 Å². The first-order valence-electron chi connectivity index (χ1n) is 8.50. The van der Waals surface area contributed by atoms with Gasteiger partial charge in [-0.05, 0) is 36.5 Å². The van der Waals surface area contributed by atoms with Gasteiger partial charge in [0.1, 0.15) is 6.10 Å².